The van der Waals surface area contributed by atoms with Crippen molar-refractivity contribution >= 4 is 0 Å². The molecule has 0 atom stereocenters. The van der Waals surface area contributed by atoms with E-state index in [1.807, 2.05) is 55.5 Å². The second-order valence-corrected chi connectivity index (χ2v) is 9.78. The van der Waals surface area contributed by atoms with Gasteiger partial charge in [0.15, 0.2) is 11.6 Å². The number of hydrogen-bond donors (Lipinski definition) is 0. The number of unbranched alkanes of at least 4 members (excludes halogenated alkanes) is 9. The molecular weight excluding hydrogens is 450 g/mol. The zero-order valence-electron chi connectivity index (χ0n) is 22.1. The van der Waals surface area contributed by atoms with Crippen molar-refractivity contribution in [2.75, 3.05) is 6.61 Å². The van der Waals surface area contributed by atoms with Crippen LogP contribution in [0.2, 0.25) is 0 Å². The largest absolute Gasteiger partial charge is 0.494 e. The van der Waals surface area contributed by atoms with Crippen LogP contribution in [0.25, 0.3) is 22.3 Å². The molecule has 0 fully saturated rings. The fraction of sp³-hybridized carbons (Fsp3) is 0.455. The van der Waals surface area contributed by atoms with Crippen molar-refractivity contribution in [1.29, 1.82) is 0 Å². The Morgan fingerprint density at radius 3 is 1.64 bits per heavy atom. The van der Waals surface area contributed by atoms with E-state index in [4.69, 9.17) is 4.74 Å². The van der Waals surface area contributed by atoms with Crippen molar-refractivity contribution in [2.24, 2.45) is 0 Å². The molecule has 0 aromatic heterocycles. The van der Waals surface area contributed by atoms with Crippen LogP contribution in [0, 0.1) is 11.6 Å². The van der Waals surface area contributed by atoms with Gasteiger partial charge < -0.3 is 4.74 Å². The highest BCUT2D eigenvalue weighted by Gasteiger charge is 2.14. The molecule has 0 heterocycles. The monoisotopic (exact) mass is 492 g/mol. The molecule has 0 bridgehead atoms. The number of rotatable bonds is 16. The number of benzene rings is 3. The second-order valence-electron chi connectivity index (χ2n) is 9.78. The van der Waals surface area contributed by atoms with Crippen molar-refractivity contribution < 1.29 is 13.5 Å². The Labute approximate surface area is 216 Å². The van der Waals surface area contributed by atoms with Crippen LogP contribution in [0.1, 0.15) is 90.0 Å². The molecule has 36 heavy (non-hydrogen) atoms. The van der Waals surface area contributed by atoms with Gasteiger partial charge in [-0.3, -0.25) is 0 Å². The molecule has 0 aliphatic heterocycles. The van der Waals surface area contributed by atoms with Gasteiger partial charge in [-0.15, -0.1) is 0 Å². The van der Waals surface area contributed by atoms with Crippen molar-refractivity contribution in [3.63, 3.8) is 0 Å². The van der Waals surface area contributed by atoms with Gasteiger partial charge in [0.05, 0.1) is 6.61 Å². The van der Waals surface area contributed by atoms with E-state index in [0.29, 0.717) is 23.1 Å². The molecule has 0 amide bonds. The Bertz CT molecular complexity index is 1020. The standard InChI is InChI=1S/C33H42F2O/c1-3-5-6-7-8-9-10-11-12-13-25-36-30-22-19-27(20-23-30)26-15-17-28(18-16-26)31-24-21-29(14-4-2)32(34)33(31)35/h15-24H,3-14,25H2,1-2H3. The molecule has 3 heteroatoms. The summed E-state index contributed by atoms with van der Waals surface area (Å²) in [6, 6.07) is 19.1. The highest BCUT2D eigenvalue weighted by Crippen LogP contribution is 2.30. The Balaban J connectivity index is 1.43. The maximum Gasteiger partial charge on any atom is 0.166 e. The molecule has 0 saturated heterocycles. The van der Waals surface area contributed by atoms with Gasteiger partial charge in [-0.25, -0.2) is 8.78 Å². The molecule has 3 aromatic rings. The number of hydrogen-bond acceptors (Lipinski definition) is 1. The van der Waals surface area contributed by atoms with E-state index in [-0.39, 0.29) is 0 Å². The van der Waals surface area contributed by atoms with E-state index in [1.54, 1.807) is 12.1 Å². The predicted molar refractivity (Wildman–Crippen MR) is 149 cm³/mol. The van der Waals surface area contributed by atoms with Gasteiger partial charge in [-0.2, -0.15) is 0 Å². The van der Waals surface area contributed by atoms with Crippen LogP contribution in [-0.2, 0) is 6.42 Å². The highest BCUT2D eigenvalue weighted by molar-refractivity contribution is 5.71. The molecule has 0 radical (unpaired) electrons. The van der Waals surface area contributed by atoms with Crippen LogP contribution in [0.5, 0.6) is 5.75 Å². The summed E-state index contributed by atoms with van der Waals surface area (Å²) < 4.78 is 34.9. The fourth-order valence-electron chi connectivity index (χ4n) is 4.64. The number of aryl methyl sites for hydroxylation is 1. The first kappa shape index (κ1) is 27.9. The topological polar surface area (TPSA) is 9.23 Å². The molecule has 3 aromatic carbocycles. The summed E-state index contributed by atoms with van der Waals surface area (Å²) in [4.78, 5) is 0. The molecule has 0 aliphatic carbocycles. The quantitative estimate of drug-likeness (QED) is 0.181. The Hall–Kier alpha value is -2.68. The molecular formula is C33H42F2O. The fourth-order valence-corrected chi connectivity index (χ4v) is 4.64. The van der Waals surface area contributed by atoms with Gasteiger partial charge in [0.1, 0.15) is 5.75 Å². The lowest BCUT2D eigenvalue weighted by Crippen LogP contribution is -1.97. The summed E-state index contributed by atoms with van der Waals surface area (Å²) in [6.45, 7) is 4.98. The van der Waals surface area contributed by atoms with Crippen molar-refractivity contribution in [1.82, 2.24) is 0 Å². The van der Waals surface area contributed by atoms with Gasteiger partial charge in [0.2, 0.25) is 0 Å². The van der Waals surface area contributed by atoms with E-state index in [9.17, 15) is 8.78 Å². The molecule has 194 valence electrons. The smallest absolute Gasteiger partial charge is 0.166 e. The lowest BCUT2D eigenvalue weighted by molar-refractivity contribution is 0.304. The minimum Gasteiger partial charge on any atom is -0.494 e. The predicted octanol–water partition coefficient (Wildman–Crippen LogP) is 10.6. The van der Waals surface area contributed by atoms with E-state index < -0.39 is 11.6 Å². The Morgan fingerprint density at radius 2 is 1.06 bits per heavy atom. The van der Waals surface area contributed by atoms with Gasteiger partial charge in [-0.05, 0) is 47.2 Å². The normalized spacial score (nSPS) is 11.1. The molecule has 0 spiro atoms. The lowest BCUT2D eigenvalue weighted by atomic mass is 9.98. The number of ether oxygens (including phenoxy) is 1. The van der Waals surface area contributed by atoms with Crippen molar-refractivity contribution in [2.45, 2.75) is 90.9 Å². The molecule has 0 saturated carbocycles. The van der Waals surface area contributed by atoms with Crippen molar-refractivity contribution in [3.05, 3.63) is 77.9 Å². The molecule has 0 N–H and O–H groups in total. The SMILES string of the molecule is CCCCCCCCCCCCOc1ccc(-c2ccc(-c3ccc(CCC)c(F)c3F)cc2)cc1. The van der Waals surface area contributed by atoms with Crippen LogP contribution in [-0.4, -0.2) is 6.61 Å². The summed E-state index contributed by atoms with van der Waals surface area (Å²) >= 11 is 0. The summed E-state index contributed by atoms with van der Waals surface area (Å²) in [7, 11) is 0. The van der Waals surface area contributed by atoms with E-state index in [2.05, 4.69) is 6.92 Å². The Kier molecular flexibility index (Phi) is 12.0. The van der Waals surface area contributed by atoms with Gasteiger partial charge in [0.25, 0.3) is 0 Å². The van der Waals surface area contributed by atoms with Crippen LogP contribution >= 0.6 is 0 Å². The molecule has 0 aliphatic rings. The zero-order valence-corrected chi connectivity index (χ0v) is 22.1. The van der Waals surface area contributed by atoms with Gasteiger partial charge >= 0.3 is 0 Å². The maximum absolute atomic E-state index is 14.6. The third kappa shape index (κ3) is 8.47. The number of halogens is 2. The first-order valence-corrected chi connectivity index (χ1v) is 13.9. The maximum atomic E-state index is 14.6. The second kappa shape index (κ2) is 15.4. The van der Waals surface area contributed by atoms with E-state index in [0.717, 1.165) is 36.3 Å². The third-order valence-corrected chi connectivity index (χ3v) is 6.83. The van der Waals surface area contributed by atoms with Gasteiger partial charge in [-0.1, -0.05) is 127 Å². The van der Waals surface area contributed by atoms with Crippen LogP contribution < -0.4 is 4.74 Å². The van der Waals surface area contributed by atoms with Crippen molar-refractivity contribution in [3.8, 4) is 28.0 Å². The first-order chi connectivity index (χ1) is 17.6. The third-order valence-electron chi connectivity index (χ3n) is 6.83. The molecule has 1 nitrogen and oxygen atoms in total. The zero-order chi connectivity index (χ0) is 25.6. The summed E-state index contributed by atoms with van der Waals surface area (Å²) in [5, 5.41) is 0. The summed E-state index contributed by atoms with van der Waals surface area (Å²) in [6.07, 6.45) is 14.5. The van der Waals surface area contributed by atoms with Gasteiger partial charge in [0, 0.05) is 5.56 Å². The lowest BCUT2D eigenvalue weighted by Gasteiger charge is -2.10. The van der Waals surface area contributed by atoms with Crippen LogP contribution in [0.4, 0.5) is 8.78 Å². The summed E-state index contributed by atoms with van der Waals surface area (Å²) in [5.74, 6) is -0.611. The summed E-state index contributed by atoms with van der Waals surface area (Å²) in [5.41, 5.74) is 3.51. The highest BCUT2D eigenvalue weighted by atomic mass is 19.2. The van der Waals surface area contributed by atoms with Crippen LogP contribution in [0.3, 0.4) is 0 Å². The minimum atomic E-state index is -0.766. The molecule has 0 unspecified atom stereocenters. The van der Waals surface area contributed by atoms with E-state index >= 15 is 0 Å². The first-order valence-electron chi connectivity index (χ1n) is 13.9. The van der Waals surface area contributed by atoms with Crippen LogP contribution in [0.15, 0.2) is 60.7 Å². The van der Waals surface area contributed by atoms with E-state index in [1.165, 1.54) is 57.8 Å². The Morgan fingerprint density at radius 1 is 0.528 bits per heavy atom. The molecule has 3 rings (SSSR count). The average molecular weight is 493 g/mol. The average Bonchev–Trinajstić information content (AvgIpc) is 2.91. The minimum absolute atomic E-state index is 0.301.